The smallest absolute Gasteiger partial charge is 0.349 e. The highest BCUT2D eigenvalue weighted by atomic mass is 16.6. The van der Waals surface area contributed by atoms with Crippen molar-refractivity contribution in [3.05, 3.63) is 102 Å². The first kappa shape index (κ1) is 23.2. The minimum Gasteiger partial charge on any atom is -0.478 e. The summed E-state index contributed by atoms with van der Waals surface area (Å²) in [5, 5.41) is 12.3. The standard InChI is InChI=1S/C25H21NO7/c1-16-10-8-9-15-19(16)26-22(27)20(32-24(30)17-11-4-2-5-12-17)21(23(28)29)33-25(31)18-13-6-3-7-14-18/h2-15,20-21H,1H3,(H,26,27)(H,28,29)/t20-,21+/m1/s1. The van der Waals surface area contributed by atoms with E-state index in [1.165, 1.54) is 24.3 Å². The van der Waals surface area contributed by atoms with Crippen molar-refractivity contribution in [3.63, 3.8) is 0 Å². The lowest BCUT2D eigenvalue weighted by Crippen LogP contribution is -2.48. The maximum absolute atomic E-state index is 13.1. The molecule has 3 aromatic carbocycles. The molecule has 0 heterocycles. The average molecular weight is 447 g/mol. The van der Waals surface area contributed by atoms with E-state index < -0.39 is 36.0 Å². The summed E-state index contributed by atoms with van der Waals surface area (Å²) in [6.45, 7) is 1.74. The van der Waals surface area contributed by atoms with Gasteiger partial charge in [-0.05, 0) is 42.8 Å². The number of carbonyl (C=O) groups excluding carboxylic acids is 3. The number of anilines is 1. The van der Waals surface area contributed by atoms with Crippen LogP contribution < -0.4 is 5.32 Å². The lowest BCUT2D eigenvalue weighted by molar-refractivity contribution is -0.157. The van der Waals surface area contributed by atoms with Gasteiger partial charge < -0.3 is 19.9 Å². The van der Waals surface area contributed by atoms with Crippen LogP contribution in [0, 0.1) is 6.92 Å². The van der Waals surface area contributed by atoms with Crippen molar-refractivity contribution in [2.45, 2.75) is 19.1 Å². The summed E-state index contributed by atoms with van der Waals surface area (Å²) in [5.41, 5.74) is 1.27. The minimum absolute atomic E-state index is 0.0798. The van der Waals surface area contributed by atoms with Gasteiger partial charge in [0.05, 0.1) is 11.1 Å². The third kappa shape index (κ3) is 6.04. The van der Waals surface area contributed by atoms with E-state index in [2.05, 4.69) is 5.32 Å². The Morgan fingerprint density at radius 1 is 0.697 bits per heavy atom. The fourth-order valence-electron chi connectivity index (χ4n) is 2.93. The number of aliphatic carboxylic acids is 1. The van der Waals surface area contributed by atoms with Crippen LogP contribution >= 0.6 is 0 Å². The molecule has 8 heteroatoms. The van der Waals surface area contributed by atoms with Crippen LogP contribution in [0.3, 0.4) is 0 Å². The minimum atomic E-state index is -2.09. The number of benzene rings is 3. The summed E-state index contributed by atoms with van der Waals surface area (Å²) >= 11 is 0. The Morgan fingerprint density at radius 2 is 1.15 bits per heavy atom. The number of carboxylic acids is 1. The van der Waals surface area contributed by atoms with Crippen LogP contribution in [0.2, 0.25) is 0 Å². The molecule has 3 aromatic rings. The van der Waals surface area contributed by atoms with Crippen LogP contribution in [0.25, 0.3) is 0 Å². The lowest BCUT2D eigenvalue weighted by Gasteiger charge is -2.24. The Balaban J connectivity index is 1.91. The second-order valence-corrected chi connectivity index (χ2v) is 7.03. The maximum Gasteiger partial charge on any atom is 0.349 e. The number of nitrogens with one attached hydrogen (secondary N) is 1. The Morgan fingerprint density at radius 3 is 1.64 bits per heavy atom. The van der Waals surface area contributed by atoms with E-state index in [0.717, 1.165) is 0 Å². The molecule has 2 N–H and O–H groups in total. The number of rotatable bonds is 8. The van der Waals surface area contributed by atoms with E-state index in [4.69, 9.17) is 9.47 Å². The van der Waals surface area contributed by atoms with E-state index in [-0.39, 0.29) is 11.1 Å². The van der Waals surface area contributed by atoms with Crippen molar-refractivity contribution in [1.82, 2.24) is 0 Å². The second-order valence-electron chi connectivity index (χ2n) is 7.03. The highest BCUT2D eigenvalue weighted by molar-refractivity contribution is 6.01. The second kappa shape index (κ2) is 10.7. The molecule has 0 aliphatic carbocycles. The summed E-state index contributed by atoms with van der Waals surface area (Å²) < 4.78 is 10.4. The molecule has 168 valence electrons. The highest BCUT2D eigenvalue weighted by Gasteiger charge is 2.41. The molecule has 0 radical (unpaired) electrons. The number of hydrogen-bond acceptors (Lipinski definition) is 6. The fraction of sp³-hybridized carbons (Fsp3) is 0.120. The highest BCUT2D eigenvalue weighted by Crippen LogP contribution is 2.18. The molecule has 0 aliphatic rings. The molecule has 0 saturated heterocycles. The summed E-state index contributed by atoms with van der Waals surface area (Å²) in [6.07, 6.45) is -4.04. The summed E-state index contributed by atoms with van der Waals surface area (Å²) in [5.74, 6) is -4.53. The van der Waals surface area contributed by atoms with Crippen LogP contribution in [-0.2, 0) is 19.1 Å². The van der Waals surface area contributed by atoms with Crippen molar-refractivity contribution in [2.24, 2.45) is 0 Å². The molecule has 0 fully saturated rings. The topological polar surface area (TPSA) is 119 Å². The molecule has 0 saturated carbocycles. The van der Waals surface area contributed by atoms with E-state index in [0.29, 0.717) is 11.3 Å². The molecule has 1 amide bonds. The number of para-hydroxylation sites is 1. The normalized spacial score (nSPS) is 12.2. The Kier molecular flexibility index (Phi) is 7.54. The van der Waals surface area contributed by atoms with Gasteiger partial charge in [0.15, 0.2) is 0 Å². The average Bonchev–Trinajstić information content (AvgIpc) is 2.83. The number of carbonyl (C=O) groups is 4. The Bertz CT molecular complexity index is 1150. The SMILES string of the molecule is Cc1ccccc1NC(=O)[C@H](OC(=O)c1ccccc1)[C@H](OC(=O)c1ccccc1)C(=O)O. The summed E-state index contributed by atoms with van der Waals surface area (Å²) in [4.78, 5) is 50.2. The van der Waals surface area contributed by atoms with Crippen molar-refractivity contribution in [1.29, 1.82) is 0 Å². The first-order valence-corrected chi connectivity index (χ1v) is 9.98. The van der Waals surface area contributed by atoms with Gasteiger partial charge in [-0.25, -0.2) is 14.4 Å². The summed E-state index contributed by atoms with van der Waals surface area (Å²) in [6, 6.07) is 22.2. The van der Waals surface area contributed by atoms with Gasteiger partial charge in [0, 0.05) is 5.69 Å². The van der Waals surface area contributed by atoms with Crippen LogP contribution in [0.4, 0.5) is 5.69 Å². The molecule has 8 nitrogen and oxygen atoms in total. The third-order valence-corrected chi connectivity index (χ3v) is 4.67. The zero-order valence-corrected chi connectivity index (χ0v) is 17.6. The molecule has 0 spiro atoms. The molecule has 3 rings (SSSR count). The largest absolute Gasteiger partial charge is 0.478 e. The van der Waals surface area contributed by atoms with Crippen LogP contribution in [0.5, 0.6) is 0 Å². The fourth-order valence-corrected chi connectivity index (χ4v) is 2.93. The van der Waals surface area contributed by atoms with Gasteiger partial charge in [-0.1, -0.05) is 54.6 Å². The van der Waals surface area contributed by atoms with Crippen molar-refractivity contribution >= 4 is 29.5 Å². The van der Waals surface area contributed by atoms with E-state index in [1.54, 1.807) is 67.6 Å². The molecule has 0 unspecified atom stereocenters. The van der Waals surface area contributed by atoms with Gasteiger partial charge in [0.25, 0.3) is 5.91 Å². The zero-order valence-electron chi connectivity index (χ0n) is 17.6. The van der Waals surface area contributed by atoms with E-state index >= 15 is 0 Å². The number of amides is 1. The first-order valence-electron chi connectivity index (χ1n) is 9.98. The number of aryl methyl sites for hydroxylation is 1. The number of carboxylic acid groups (broad SMARTS) is 1. The van der Waals surface area contributed by atoms with Gasteiger partial charge in [-0.3, -0.25) is 4.79 Å². The predicted molar refractivity (Wildman–Crippen MR) is 119 cm³/mol. The summed E-state index contributed by atoms with van der Waals surface area (Å²) in [7, 11) is 0. The number of ether oxygens (including phenoxy) is 2. The monoisotopic (exact) mass is 447 g/mol. The van der Waals surface area contributed by atoms with Crippen LogP contribution in [0.1, 0.15) is 26.3 Å². The Hall–Kier alpha value is -4.46. The third-order valence-electron chi connectivity index (χ3n) is 4.67. The van der Waals surface area contributed by atoms with Gasteiger partial charge in [0.1, 0.15) is 0 Å². The van der Waals surface area contributed by atoms with Crippen LogP contribution in [-0.4, -0.2) is 41.1 Å². The van der Waals surface area contributed by atoms with Gasteiger partial charge in [0.2, 0.25) is 12.2 Å². The van der Waals surface area contributed by atoms with E-state index in [1.807, 2.05) is 0 Å². The first-order chi connectivity index (χ1) is 15.9. The molecule has 0 aliphatic heterocycles. The maximum atomic E-state index is 13.1. The molecular formula is C25H21NO7. The number of hydrogen-bond donors (Lipinski definition) is 2. The molecule has 0 bridgehead atoms. The van der Waals surface area contributed by atoms with Gasteiger partial charge in [-0.15, -0.1) is 0 Å². The quantitative estimate of drug-likeness (QED) is 0.508. The van der Waals surface area contributed by atoms with Crippen molar-refractivity contribution in [2.75, 3.05) is 5.32 Å². The molecule has 0 aromatic heterocycles. The Labute approximate surface area is 189 Å². The lowest BCUT2D eigenvalue weighted by atomic mass is 10.1. The molecular weight excluding hydrogens is 426 g/mol. The number of esters is 2. The van der Waals surface area contributed by atoms with E-state index in [9.17, 15) is 24.3 Å². The predicted octanol–water partition coefficient (Wildman–Crippen LogP) is 3.47. The molecule has 2 atom stereocenters. The van der Waals surface area contributed by atoms with Crippen LogP contribution in [0.15, 0.2) is 84.9 Å². The van der Waals surface area contributed by atoms with Crippen molar-refractivity contribution < 1.29 is 33.8 Å². The zero-order chi connectivity index (χ0) is 23.8. The van der Waals surface area contributed by atoms with Gasteiger partial charge >= 0.3 is 17.9 Å². The van der Waals surface area contributed by atoms with Gasteiger partial charge in [-0.2, -0.15) is 0 Å². The van der Waals surface area contributed by atoms with Crippen molar-refractivity contribution in [3.8, 4) is 0 Å². The molecule has 33 heavy (non-hydrogen) atoms.